The van der Waals surface area contributed by atoms with Crippen molar-refractivity contribution < 1.29 is 14.7 Å². The van der Waals surface area contributed by atoms with E-state index in [0.717, 1.165) is 12.8 Å². The van der Waals surface area contributed by atoms with Gasteiger partial charge in [0.05, 0.1) is 6.42 Å². The van der Waals surface area contributed by atoms with Crippen LogP contribution in [0.5, 0.6) is 0 Å². The fourth-order valence-corrected chi connectivity index (χ4v) is 2.62. The van der Waals surface area contributed by atoms with Crippen LogP contribution in [-0.4, -0.2) is 29.7 Å². The first-order valence-corrected chi connectivity index (χ1v) is 7.27. The van der Waals surface area contributed by atoms with E-state index in [1.807, 2.05) is 6.92 Å². The molecule has 0 heterocycles. The molecule has 0 bridgehead atoms. The van der Waals surface area contributed by atoms with Crippen LogP contribution < -0.4 is 10.6 Å². The highest BCUT2D eigenvalue weighted by molar-refractivity contribution is 5.75. The van der Waals surface area contributed by atoms with Crippen molar-refractivity contribution >= 4 is 12.0 Å². The summed E-state index contributed by atoms with van der Waals surface area (Å²) in [6.07, 6.45) is 6.22. The molecule has 3 N–H and O–H groups in total. The van der Waals surface area contributed by atoms with Crippen LogP contribution in [0.2, 0.25) is 0 Å². The fourth-order valence-electron chi connectivity index (χ4n) is 2.62. The Kier molecular flexibility index (Phi) is 6.12. The molecule has 1 aliphatic rings. The molecule has 1 unspecified atom stereocenters. The summed E-state index contributed by atoms with van der Waals surface area (Å²) < 4.78 is 0. The summed E-state index contributed by atoms with van der Waals surface area (Å²) >= 11 is 0. The SMILES string of the molecule is CCCC(CC(=O)O)NC(=O)NCC1(CC)CCC1. The Balaban J connectivity index is 2.33. The lowest BCUT2D eigenvalue weighted by atomic mass is 9.67. The summed E-state index contributed by atoms with van der Waals surface area (Å²) in [4.78, 5) is 22.5. The van der Waals surface area contributed by atoms with Gasteiger partial charge >= 0.3 is 12.0 Å². The molecule has 1 rings (SSSR count). The van der Waals surface area contributed by atoms with Crippen LogP contribution >= 0.6 is 0 Å². The minimum absolute atomic E-state index is 0.0137. The Labute approximate surface area is 115 Å². The number of carboxylic acid groups (broad SMARTS) is 1. The van der Waals surface area contributed by atoms with Crippen LogP contribution in [-0.2, 0) is 4.79 Å². The summed E-state index contributed by atoms with van der Waals surface area (Å²) in [6.45, 7) is 4.83. The van der Waals surface area contributed by atoms with E-state index in [1.165, 1.54) is 19.3 Å². The van der Waals surface area contributed by atoms with Crippen molar-refractivity contribution in [2.75, 3.05) is 6.54 Å². The molecule has 1 fully saturated rings. The monoisotopic (exact) mass is 270 g/mol. The molecule has 0 spiro atoms. The van der Waals surface area contributed by atoms with E-state index >= 15 is 0 Å². The van der Waals surface area contributed by atoms with Gasteiger partial charge in [0.25, 0.3) is 0 Å². The van der Waals surface area contributed by atoms with Gasteiger partial charge in [0.1, 0.15) is 0 Å². The van der Waals surface area contributed by atoms with Crippen LogP contribution in [0.1, 0.15) is 58.8 Å². The molecule has 0 aliphatic heterocycles. The van der Waals surface area contributed by atoms with Crippen LogP contribution in [0.15, 0.2) is 0 Å². The number of hydrogen-bond donors (Lipinski definition) is 3. The molecule has 0 aromatic heterocycles. The van der Waals surface area contributed by atoms with Gasteiger partial charge in [-0.15, -0.1) is 0 Å². The second kappa shape index (κ2) is 7.36. The number of amides is 2. The van der Waals surface area contributed by atoms with E-state index < -0.39 is 5.97 Å². The van der Waals surface area contributed by atoms with Crippen LogP contribution in [0.4, 0.5) is 4.79 Å². The zero-order valence-electron chi connectivity index (χ0n) is 12.0. The van der Waals surface area contributed by atoms with Crippen LogP contribution in [0.3, 0.4) is 0 Å². The maximum absolute atomic E-state index is 11.8. The van der Waals surface area contributed by atoms with Gasteiger partial charge in [-0.3, -0.25) is 4.79 Å². The fraction of sp³-hybridized carbons (Fsp3) is 0.857. The predicted octanol–water partition coefficient (Wildman–Crippen LogP) is 2.51. The molecule has 2 amide bonds. The van der Waals surface area contributed by atoms with Crippen molar-refractivity contribution in [2.24, 2.45) is 5.41 Å². The van der Waals surface area contributed by atoms with Crippen molar-refractivity contribution in [3.63, 3.8) is 0 Å². The van der Waals surface area contributed by atoms with E-state index in [9.17, 15) is 9.59 Å². The zero-order valence-corrected chi connectivity index (χ0v) is 12.0. The van der Waals surface area contributed by atoms with Gasteiger partial charge in [-0.05, 0) is 31.1 Å². The number of hydrogen-bond acceptors (Lipinski definition) is 2. The molecule has 19 heavy (non-hydrogen) atoms. The van der Waals surface area contributed by atoms with Gasteiger partial charge in [-0.1, -0.05) is 26.7 Å². The lowest BCUT2D eigenvalue weighted by molar-refractivity contribution is -0.137. The molecule has 5 nitrogen and oxygen atoms in total. The number of nitrogens with one attached hydrogen (secondary N) is 2. The van der Waals surface area contributed by atoms with Crippen molar-refractivity contribution in [1.82, 2.24) is 10.6 Å². The number of carbonyl (C=O) groups excluding carboxylic acids is 1. The van der Waals surface area contributed by atoms with E-state index in [1.54, 1.807) is 0 Å². The maximum Gasteiger partial charge on any atom is 0.315 e. The lowest BCUT2D eigenvalue weighted by Crippen LogP contribution is -2.48. The summed E-state index contributed by atoms with van der Waals surface area (Å²) in [6, 6.07) is -0.513. The number of urea groups is 1. The lowest BCUT2D eigenvalue weighted by Gasteiger charge is -2.41. The molecule has 0 saturated heterocycles. The first-order chi connectivity index (χ1) is 9.01. The Morgan fingerprint density at radius 1 is 1.32 bits per heavy atom. The first kappa shape index (κ1) is 15.8. The summed E-state index contributed by atoms with van der Waals surface area (Å²) in [5.74, 6) is -0.872. The molecule has 0 aromatic rings. The highest BCUT2D eigenvalue weighted by Crippen LogP contribution is 2.42. The average molecular weight is 270 g/mol. The second-order valence-electron chi connectivity index (χ2n) is 5.62. The zero-order chi connectivity index (χ0) is 14.3. The maximum atomic E-state index is 11.8. The number of carboxylic acids is 1. The van der Waals surface area contributed by atoms with Gasteiger partial charge in [0, 0.05) is 12.6 Å². The van der Waals surface area contributed by atoms with Crippen LogP contribution in [0.25, 0.3) is 0 Å². The first-order valence-electron chi connectivity index (χ1n) is 7.27. The topological polar surface area (TPSA) is 78.4 Å². The van der Waals surface area contributed by atoms with E-state index in [-0.39, 0.29) is 23.9 Å². The Morgan fingerprint density at radius 2 is 2.00 bits per heavy atom. The van der Waals surface area contributed by atoms with Crippen molar-refractivity contribution in [1.29, 1.82) is 0 Å². The molecule has 0 aromatic carbocycles. The highest BCUT2D eigenvalue weighted by atomic mass is 16.4. The normalized spacial score (nSPS) is 18.2. The smallest absolute Gasteiger partial charge is 0.315 e. The molecule has 1 atom stereocenters. The minimum Gasteiger partial charge on any atom is -0.481 e. The summed E-state index contributed by atoms with van der Waals surface area (Å²) in [5, 5.41) is 14.5. The predicted molar refractivity (Wildman–Crippen MR) is 74.1 cm³/mol. The number of rotatable bonds is 8. The van der Waals surface area contributed by atoms with Crippen molar-refractivity contribution in [3.05, 3.63) is 0 Å². The third-order valence-electron chi connectivity index (χ3n) is 4.18. The van der Waals surface area contributed by atoms with E-state index in [0.29, 0.717) is 13.0 Å². The quantitative estimate of drug-likeness (QED) is 0.634. The van der Waals surface area contributed by atoms with Gasteiger partial charge in [-0.25, -0.2) is 4.79 Å². The standard InChI is InChI=1S/C14H26N2O3/c1-3-6-11(9-12(17)18)16-13(19)15-10-14(4-2)7-5-8-14/h11H,3-10H2,1-2H3,(H,17,18)(H2,15,16,19). The van der Waals surface area contributed by atoms with Gasteiger partial charge in [0.15, 0.2) is 0 Å². The molecule has 5 heteroatoms. The minimum atomic E-state index is -0.872. The molecule has 110 valence electrons. The molecule has 0 radical (unpaired) electrons. The summed E-state index contributed by atoms with van der Waals surface area (Å²) in [5.41, 5.74) is 0.282. The summed E-state index contributed by atoms with van der Waals surface area (Å²) in [7, 11) is 0. The molecule has 1 aliphatic carbocycles. The van der Waals surface area contributed by atoms with Gasteiger partial charge in [0.2, 0.25) is 0 Å². The third-order valence-corrected chi connectivity index (χ3v) is 4.18. The van der Waals surface area contributed by atoms with E-state index in [4.69, 9.17) is 5.11 Å². The highest BCUT2D eigenvalue weighted by Gasteiger charge is 2.35. The second-order valence-corrected chi connectivity index (χ2v) is 5.62. The van der Waals surface area contributed by atoms with Gasteiger partial charge < -0.3 is 15.7 Å². The van der Waals surface area contributed by atoms with Crippen molar-refractivity contribution in [3.8, 4) is 0 Å². The average Bonchev–Trinajstić information content (AvgIpc) is 2.27. The Hall–Kier alpha value is -1.26. The van der Waals surface area contributed by atoms with E-state index in [2.05, 4.69) is 17.6 Å². The number of aliphatic carboxylic acids is 1. The Morgan fingerprint density at radius 3 is 2.42 bits per heavy atom. The largest absolute Gasteiger partial charge is 0.481 e. The number of carbonyl (C=O) groups is 2. The van der Waals surface area contributed by atoms with Crippen molar-refractivity contribution in [2.45, 2.75) is 64.8 Å². The third kappa shape index (κ3) is 5.09. The molecule has 1 saturated carbocycles. The van der Waals surface area contributed by atoms with Crippen LogP contribution in [0, 0.1) is 5.41 Å². The molecular weight excluding hydrogens is 244 g/mol. The molecular formula is C14H26N2O3. The Bertz CT molecular complexity index is 308. The van der Waals surface area contributed by atoms with Gasteiger partial charge in [-0.2, -0.15) is 0 Å².